The summed E-state index contributed by atoms with van der Waals surface area (Å²) in [5, 5.41) is 33.9. The van der Waals surface area contributed by atoms with Gasteiger partial charge in [-0.1, -0.05) is 89.9 Å². The van der Waals surface area contributed by atoms with Crippen molar-refractivity contribution in [1.82, 2.24) is 0 Å². The molecule has 0 aromatic rings. The van der Waals surface area contributed by atoms with Crippen LogP contribution in [0.3, 0.4) is 0 Å². The second kappa shape index (κ2) is 31.9. The zero-order chi connectivity index (χ0) is 32.6. The Kier molecular flexibility index (Phi) is 31.3. The van der Waals surface area contributed by atoms with E-state index < -0.39 is 35.8 Å². The minimum Gasteiger partial charge on any atom is -0.481 e. The fourth-order valence-corrected chi connectivity index (χ4v) is 4.35. The zero-order valence-electron chi connectivity index (χ0n) is 26.0. The predicted molar refractivity (Wildman–Crippen MR) is 162 cm³/mol. The van der Waals surface area contributed by atoms with E-state index in [1.807, 2.05) is 0 Å². The van der Waals surface area contributed by atoms with Crippen LogP contribution >= 0.6 is 0 Å². The van der Waals surface area contributed by atoms with Gasteiger partial charge >= 0.3 is 35.8 Å². The number of aliphatic carboxylic acids is 4. The average molecular weight is 617 g/mol. The lowest BCUT2D eigenvalue weighted by Gasteiger charge is -2.04. The molecule has 0 rings (SSSR count). The monoisotopic (exact) mass is 616 g/mol. The molecule has 0 aliphatic rings. The van der Waals surface area contributed by atoms with Crippen molar-refractivity contribution in [2.75, 3.05) is 0 Å². The van der Waals surface area contributed by atoms with Crippen molar-refractivity contribution in [1.29, 1.82) is 0 Å². The van der Waals surface area contributed by atoms with Crippen molar-refractivity contribution < 1.29 is 53.9 Å². The maximum Gasteiger partial charge on any atom is 0.313 e. The van der Waals surface area contributed by atoms with E-state index in [1.165, 1.54) is 0 Å². The summed E-state index contributed by atoms with van der Waals surface area (Å²) in [6.07, 6.45) is 19.5. The number of rotatable bonds is 29. The minimum atomic E-state index is -0.766. The minimum absolute atomic E-state index is 0.208. The summed E-state index contributed by atoms with van der Waals surface area (Å²) in [4.78, 5) is 64.3. The van der Waals surface area contributed by atoms with Gasteiger partial charge in [0, 0.05) is 38.5 Å². The molecule has 4 N–H and O–H groups in total. The van der Waals surface area contributed by atoms with Gasteiger partial charge in [-0.3, -0.25) is 28.8 Å². The number of carboxylic acid groups (broad SMARTS) is 4. The lowest BCUT2D eigenvalue weighted by molar-refractivity contribution is -0.160. The molecule has 0 aromatic heterocycles. The largest absolute Gasteiger partial charge is 0.481 e. The number of carboxylic acids is 4. The van der Waals surface area contributed by atoms with Crippen LogP contribution in [0.1, 0.15) is 167 Å². The Balaban J connectivity index is 0. The normalized spacial score (nSPS) is 10.4. The van der Waals surface area contributed by atoms with Gasteiger partial charge in [-0.25, -0.2) is 0 Å². The highest BCUT2D eigenvalue weighted by Gasteiger charge is 2.10. The van der Waals surface area contributed by atoms with Crippen molar-refractivity contribution in [3.8, 4) is 0 Å². The third kappa shape index (κ3) is 41.2. The number of ether oxygens (including phenoxy) is 1. The van der Waals surface area contributed by atoms with Gasteiger partial charge in [-0.15, -0.1) is 0 Å². The number of hydrogen-bond donors (Lipinski definition) is 4. The molecule has 43 heavy (non-hydrogen) atoms. The molecule has 0 atom stereocenters. The number of carbonyl (C=O) groups is 6. The van der Waals surface area contributed by atoms with Crippen molar-refractivity contribution in [2.45, 2.75) is 167 Å². The van der Waals surface area contributed by atoms with Crippen LogP contribution in [0.2, 0.25) is 0 Å². The van der Waals surface area contributed by atoms with Crippen LogP contribution in [0.5, 0.6) is 0 Å². The quantitative estimate of drug-likeness (QED) is 0.0369. The molecule has 0 heterocycles. The third-order valence-electron chi connectivity index (χ3n) is 6.80. The highest BCUT2D eigenvalue weighted by atomic mass is 16.6. The van der Waals surface area contributed by atoms with Gasteiger partial charge in [0.25, 0.3) is 0 Å². The second-order valence-corrected chi connectivity index (χ2v) is 11.0. The third-order valence-corrected chi connectivity index (χ3v) is 6.80. The van der Waals surface area contributed by atoms with Crippen LogP contribution in [-0.2, 0) is 33.5 Å². The smallest absolute Gasteiger partial charge is 0.313 e. The van der Waals surface area contributed by atoms with E-state index in [9.17, 15) is 28.8 Å². The van der Waals surface area contributed by atoms with Crippen molar-refractivity contribution >= 4 is 35.8 Å². The zero-order valence-corrected chi connectivity index (χ0v) is 26.0. The van der Waals surface area contributed by atoms with Gasteiger partial charge in [0.2, 0.25) is 0 Å². The Morgan fingerprint density at radius 2 is 0.442 bits per heavy atom. The van der Waals surface area contributed by atoms with Gasteiger partial charge in [0.1, 0.15) is 0 Å². The molecule has 11 nitrogen and oxygen atoms in total. The van der Waals surface area contributed by atoms with E-state index in [4.69, 9.17) is 25.2 Å². The maximum absolute atomic E-state index is 11.6. The Hall–Kier alpha value is -2.98. The lowest BCUT2D eigenvalue weighted by atomic mass is 10.1. The van der Waals surface area contributed by atoms with Crippen LogP contribution in [0.25, 0.3) is 0 Å². The molecule has 0 bridgehead atoms. The van der Waals surface area contributed by atoms with Gasteiger partial charge in [-0.2, -0.15) is 0 Å². The molecule has 0 aliphatic heterocycles. The van der Waals surface area contributed by atoms with Gasteiger partial charge in [-0.05, 0) is 38.5 Å². The van der Waals surface area contributed by atoms with Crippen LogP contribution in [0.4, 0.5) is 0 Å². The molecular formula is C32H56O11. The standard InChI is InChI=1S/C20H34O7.C12H22O4/c21-17(22)13-9-5-1-3-7-11-15-19(25)27-20(26)16-12-8-4-2-6-10-14-18(23)24;13-11(14)9-7-5-3-1-2-4-6-8-10-12(15)16/h1-16H2,(H,21,22)(H,23,24);1-10H2,(H,13,14)(H,15,16). The maximum atomic E-state index is 11.6. The summed E-state index contributed by atoms with van der Waals surface area (Å²) >= 11 is 0. The van der Waals surface area contributed by atoms with E-state index in [2.05, 4.69) is 0 Å². The van der Waals surface area contributed by atoms with Crippen LogP contribution in [-0.4, -0.2) is 56.2 Å². The first-order valence-corrected chi connectivity index (χ1v) is 16.1. The summed E-state index contributed by atoms with van der Waals surface area (Å²) in [6.45, 7) is 0. The molecule has 0 amide bonds. The molecule has 0 aliphatic carbocycles. The molecule has 0 spiro atoms. The molecule has 0 aromatic carbocycles. The summed E-state index contributed by atoms with van der Waals surface area (Å²) in [7, 11) is 0. The summed E-state index contributed by atoms with van der Waals surface area (Å²) in [6, 6.07) is 0. The van der Waals surface area contributed by atoms with Gasteiger partial charge in [0.15, 0.2) is 0 Å². The summed E-state index contributed by atoms with van der Waals surface area (Å²) in [5.74, 6) is -3.90. The number of unbranched alkanes of at least 4 members (excludes halogenated alkanes) is 17. The number of hydrogen-bond acceptors (Lipinski definition) is 7. The van der Waals surface area contributed by atoms with Crippen LogP contribution in [0, 0.1) is 0 Å². The van der Waals surface area contributed by atoms with Crippen molar-refractivity contribution in [2.24, 2.45) is 0 Å². The Morgan fingerprint density at radius 3 is 0.628 bits per heavy atom. The molecule has 0 saturated carbocycles. The van der Waals surface area contributed by atoms with Crippen LogP contribution in [0.15, 0.2) is 0 Å². The van der Waals surface area contributed by atoms with Gasteiger partial charge < -0.3 is 25.2 Å². The first-order valence-electron chi connectivity index (χ1n) is 16.1. The summed E-state index contributed by atoms with van der Waals surface area (Å²) < 4.78 is 4.78. The molecule has 11 heteroatoms. The lowest BCUT2D eigenvalue weighted by Crippen LogP contribution is -2.11. The molecule has 0 fully saturated rings. The van der Waals surface area contributed by atoms with Crippen molar-refractivity contribution in [3.05, 3.63) is 0 Å². The van der Waals surface area contributed by atoms with Gasteiger partial charge in [0.05, 0.1) is 0 Å². The predicted octanol–water partition coefficient (Wildman–Crippen LogP) is 7.52. The second-order valence-electron chi connectivity index (χ2n) is 11.0. The fraction of sp³-hybridized carbons (Fsp3) is 0.812. The number of carbonyl (C=O) groups excluding carboxylic acids is 2. The SMILES string of the molecule is O=C(O)CCCCCCCCC(=O)OC(=O)CCCCCCCCC(=O)O.O=C(O)CCCCCCCCCCC(=O)O. The number of esters is 2. The molecule has 0 unspecified atom stereocenters. The Labute approximate surface area is 256 Å². The highest BCUT2D eigenvalue weighted by Crippen LogP contribution is 2.12. The highest BCUT2D eigenvalue weighted by molar-refractivity contribution is 5.85. The Morgan fingerprint density at radius 1 is 0.279 bits per heavy atom. The fourth-order valence-electron chi connectivity index (χ4n) is 4.35. The molecule has 0 radical (unpaired) electrons. The average Bonchev–Trinajstić information content (AvgIpc) is 2.92. The first kappa shape index (κ1) is 42.2. The van der Waals surface area contributed by atoms with E-state index in [0.717, 1.165) is 103 Å². The molecule has 0 saturated heterocycles. The topological polar surface area (TPSA) is 193 Å². The van der Waals surface area contributed by atoms with Crippen molar-refractivity contribution in [3.63, 3.8) is 0 Å². The van der Waals surface area contributed by atoms with Crippen LogP contribution < -0.4 is 0 Å². The summed E-state index contributed by atoms with van der Waals surface area (Å²) in [5.41, 5.74) is 0. The Bertz CT molecular complexity index is 702. The van der Waals surface area contributed by atoms with E-state index >= 15 is 0 Å². The molecule has 250 valence electrons. The van der Waals surface area contributed by atoms with E-state index in [0.29, 0.717) is 25.7 Å². The van der Waals surface area contributed by atoms with E-state index in [1.54, 1.807) is 0 Å². The molecular weight excluding hydrogens is 560 g/mol. The first-order chi connectivity index (χ1) is 20.5. The van der Waals surface area contributed by atoms with E-state index in [-0.39, 0.29) is 38.5 Å².